The van der Waals surface area contributed by atoms with Crippen molar-refractivity contribution in [3.05, 3.63) is 56.7 Å². The minimum atomic E-state index is -0.0235. The monoisotopic (exact) mass is 378 g/mol. The molecular weight excluding hydrogens is 356 g/mol. The van der Waals surface area contributed by atoms with Crippen molar-refractivity contribution in [3.8, 4) is 0 Å². The molecule has 1 aromatic carbocycles. The zero-order valence-electron chi connectivity index (χ0n) is 14.8. The standard InChI is InChI=1S/C19H23ClN2O2S/c1-4-22(18(23)12-10-16-9-11-17(20)25-16)13-14-5-7-15(8-6-14)19(24)21(2)3/h5-9,11H,4,10,12-13H2,1-3H3. The van der Waals surface area contributed by atoms with Gasteiger partial charge in [0, 0.05) is 44.0 Å². The highest BCUT2D eigenvalue weighted by atomic mass is 35.5. The molecule has 0 N–H and O–H groups in total. The van der Waals surface area contributed by atoms with Crippen molar-refractivity contribution >= 4 is 34.8 Å². The van der Waals surface area contributed by atoms with Crippen molar-refractivity contribution in [1.82, 2.24) is 9.80 Å². The summed E-state index contributed by atoms with van der Waals surface area (Å²) in [6.45, 7) is 3.18. The fourth-order valence-corrected chi connectivity index (χ4v) is 3.57. The maximum atomic E-state index is 12.5. The van der Waals surface area contributed by atoms with Crippen molar-refractivity contribution in [2.24, 2.45) is 0 Å². The summed E-state index contributed by atoms with van der Waals surface area (Å²) in [6, 6.07) is 11.3. The zero-order valence-corrected chi connectivity index (χ0v) is 16.4. The molecule has 1 heterocycles. The quantitative estimate of drug-likeness (QED) is 0.728. The second kappa shape index (κ2) is 9.02. The van der Waals surface area contributed by atoms with Crippen LogP contribution < -0.4 is 0 Å². The van der Waals surface area contributed by atoms with Gasteiger partial charge in [-0.25, -0.2) is 0 Å². The van der Waals surface area contributed by atoms with Crippen LogP contribution in [0, 0.1) is 0 Å². The van der Waals surface area contributed by atoms with Crippen molar-refractivity contribution in [1.29, 1.82) is 0 Å². The first-order valence-corrected chi connectivity index (χ1v) is 9.42. The van der Waals surface area contributed by atoms with Gasteiger partial charge in [0.15, 0.2) is 0 Å². The Morgan fingerprint density at radius 1 is 1.08 bits per heavy atom. The highest BCUT2D eigenvalue weighted by Crippen LogP contribution is 2.22. The topological polar surface area (TPSA) is 40.6 Å². The fourth-order valence-electron chi connectivity index (χ4n) is 2.48. The van der Waals surface area contributed by atoms with Gasteiger partial charge < -0.3 is 9.80 Å². The second-order valence-electron chi connectivity index (χ2n) is 6.01. The summed E-state index contributed by atoms with van der Waals surface area (Å²) < 4.78 is 0.752. The third kappa shape index (κ3) is 5.58. The van der Waals surface area contributed by atoms with Crippen LogP contribution in [0.25, 0.3) is 0 Å². The van der Waals surface area contributed by atoms with Gasteiger partial charge in [0.05, 0.1) is 4.34 Å². The van der Waals surface area contributed by atoms with Crippen LogP contribution in [0.1, 0.15) is 34.1 Å². The first-order chi connectivity index (χ1) is 11.9. The van der Waals surface area contributed by atoms with Crippen molar-refractivity contribution in [3.63, 3.8) is 0 Å². The Morgan fingerprint density at radius 2 is 1.76 bits per heavy atom. The molecule has 0 unspecified atom stereocenters. The van der Waals surface area contributed by atoms with E-state index in [1.807, 2.05) is 48.2 Å². The smallest absolute Gasteiger partial charge is 0.253 e. The number of amides is 2. The summed E-state index contributed by atoms with van der Waals surface area (Å²) in [6.07, 6.45) is 1.19. The van der Waals surface area contributed by atoms with Gasteiger partial charge in [0.25, 0.3) is 5.91 Å². The van der Waals surface area contributed by atoms with E-state index in [1.165, 1.54) is 11.3 Å². The largest absolute Gasteiger partial charge is 0.345 e. The number of aryl methyl sites for hydroxylation is 1. The van der Waals surface area contributed by atoms with Gasteiger partial charge in [0.2, 0.25) is 5.91 Å². The Balaban J connectivity index is 1.94. The van der Waals surface area contributed by atoms with E-state index in [0.717, 1.165) is 14.8 Å². The number of benzene rings is 1. The van der Waals surface area contributed by atoms with Crippen molar-refractivity contribution < 1.29 is 9.59 Å². The number of halogens is 1. The maximum Gasteiger partial charge on any atom is 0.253 e. The molecule has 0 atom stereocenters. The minimum Gasteiger partial charge on any atom is -0.345 e. The number of carbonyl (C=O) groups excluding carboxylic acids is 2. The molecule has 0 aliphatic rings. The predicted octanol–water partition coefficient (Wildman–Crippen LogP) is 4.08. The normalized spacial score (nSPS) is 10.6. The van der Waals surface area contributed by atoms with E-state index >= 15 is 0 Å². The maximum absolute atomic E-state index is 12.5. The molecule has 0 saturated carbocycles. The average Bonchev–Trinajstić information content (AvgIpc) is 3.02. The molecule has 25 heavy (non-hydrogen) atoms. The summed E-state index contributed by atoms with van der Waals surface area (Å²) in [5.74, 6) is 0.102. The first kappa shape index (κ1) is 19.5. The number of rotatable bonds is 7. The van der Waals surface area contributed by atoms with Crippen molar-refractivity contribution in [2.75, 3.05) is 20.6 Å². The van der Waals surface area contributed by atoms with Gasteiger partial charge in [-0.05, 0) is 43.2 Å². The molecule has 0 aliphatic heterocycles. The third-order valence-corrected chi connectivity index (χ3v) is 5.22. The minimum absolute atomic E-state index is 0.0235. The van der Waals surface area contributed by atoms with Gasteiger partial charge in [-0.1, -0.05) is 23.7 Å². The molecule has 0 bridgehead atoms. The average molecular weight is 379 g/mol. The molecule has 2 rings (SSSR count). The Labute approximate surface area is 158 Å². The lowest BCUT2D eigenvalue weighted by atomic mass is 10.1. The molecule has 0 radical (unpaired) electrons. The lowest BCUT2D eigenvalue weighted by Gasteiger charge is -2.21. The summed E-state index contributed by atoms with van der Waals surface area (Å²) >= 11 is 7.44. The molecule has 134 valence electrons. The van der Waals surface area contributed by atoms with Crippen LogP contribution in [0.2, 0.25) is 4.34 Å². The van der Waals surface area contributed by atoms with E-state index in [9.17, 15) is 9.59 Å². The van der Waals surface area contributed by atoms with E-state index in [2.05, 4.69) is 0 Å². The molecular formula is C19H23ClN2O2S. The summed E-state index contributed by atoms with van der Waals surface area (Å²) in [7, 11) is 3.46. The summed E-state index contributed by atoms with van der Waals surface area (Å²) in [5, 5.41) is 0. The van der Waals surface area contributed by atoms with Gasteiger partial charge in [-0.3, -0.25) is 9.59 Å². The molecule has 0 spiro atoms. The lowest BCUT2D eigenvalue weighted by molar-refractivity contribution is -0.131. The first-order valence-electron chi connectivity index (χ1n) is 8.23. The Bertz CT molecular complexity index is 725. The SMILES string of the molecule is CCN(Cc1ccc(C(=O)N(C)C)cc1)C(=O)CCc1ccc(Cl)s1. The number of nitrogens with zero attached hydrogens (tertiary/aromatic N) is 2. The van der Waals surface area contributed by atoms with Crippen LogP contribution in [-0.4, -0.2) is 42.3 Å². The predicted molar refractivity (Wildman–Crippen MR) is 103 cm³/mol. The van der Waals surface area contributed by atoms with Gasteiger partial charge in [-0.15, -0.1) is 11.3 Å². The Morgan fingerprint density at radius 3 is 2.28 bits per heavy atom. The molecule has 4 nitrogen and oxygen atoms in total. The van der Waals surface area contributed by atoms with Crippen LogP contribution in [0.4, 0.5) is 0 Å². The molecule has 0 fully saturated rings. The molecule has 6 heteroatoms. The number of thiophene rings is 1. The van der Waals surface area contributed by atoms with Gasteiger partial charge >= 0.3 is 0 Å². The molecule has 2 amide bonds. The highest BCUT2D eigenvalue weighted by molar-refractivity contribution is 7.16. The number of carbonyl (C=O) groups is 2. The van der Waals surface area contributed by atoms with Crippen LogP contribution >= 0.6 is 22.9 Å². The lowest BCUT2D eigenvalue weighted by Crippen LogP contribution is -2.30. The molecule has 0 aliphatic carbocycles. The van der Waals surface area contributed by atoms with E-state index in [0.29, 0.717) is 31.5 Å². The molecule has 2 aromatic rings. The number of hydrogen-bond donors (Lipinski definition) is 0. The van der Waals surface area contributed by atoms with E-state index < -0.39 is 0 Å². The number of hydrogen-bond acceptors (Lipinski definition) is 3. The molecule has 1 aromatic heterocycles. The van der Waals surface area contributed by atoms with Gasteiger partial charge in [0.1, 0.15) is 0 Å². The van der Waals surface area contributed by atoms with Crippen LogP contribution in [0.5, 0.6) is 0 Å². The van der Waals surface area contributed by atoms with Gasteiger partial charge in [-0.2, -0.15) is 0 Å². The fraction of sp³-hybridized carbons (Fsp3) is 0.368. The van der Waals surface area contributed by atoms with Crippen LogP contribution in [0.15, 0.2) is 36.4 Å². The summed E-state index contributed by atoms with van der Waals surface area (Å²) in [5.41, 5.74) is 1.67. The van der Waals surface area contributed by atoms with E-state index in [4.69, 9.17) is 11.6 Å². The molecule has 0 saturated heterocycles. The Hall–Kier alpha value is -1.85. The van der Waals surface area contributed by atoms with E-state index in [1.54, 1.807) is 19.0 Å². The third-order valence-electron chi connectivity index (χ3n) is 3.93. The Kier molecular flexibility index (Phi) is 7.02. The van der Waals surface area contributed by atoms with Crippen LogP contribution in [0.3, 0.4) is 0 Å². The zero-order chi connectivity index (χ0) is 18.4. The van der Waals surface area contributed by atoms with Crippen LogP contribution in [-0.2, 0) is 17.8 Å². The highest BCUT2D eigenvalue weighted by Gasteiger charge is 2.14. The van der Waals surface area contributed by atoms with E-state index in [-0.39, 0.29) is 11.8 Å². The second-order valence-corrected chi connectivity index (χ2v) is 7.81. The van der Waals surface area contributed by atoms with Crippen molar-refractivity contribution in [2.45, 2.75) is 26.3 Å². The summed E-state index contributed by atoms with van der Waals surface area (Å²) in [4.78, 5) is 28.9.